The maximum absolute atomic E-state index is 5.45. The Balaban J connectivity index is 2.10. The second-order valence-corrected chi connectivity index (χ2v) is 3.87. The van der Waals surface area contributed by atoms with E-state index in [1.54, 1.807) is 6.20 Å². The molecule has 0 fully saturated rings. The minimum Gasteiger partial charge on any atom is -0.410 e. The first-order valence-electron chi connectivity index (χ1n) is 4.12. The lowest BCUT2D eigenvalue weighted by Crippen LogP contribution is -1.91. The van der Waals surface area contributed by atoms with Gasteiger partial charge in [0.15, 0.2) is 0 Å². The van der Waals surface area contributed by atoms with Gasteiger partial charge in [-0.3, -0.25) is 5.10 Å². The van der Waals surface area contributed by atoms with Gasteiger partial charge in [-0.05, 0) is 6.92 Å². The largest absolute Gasteiger partial charge is 0.410 e. The number of aromatic nitrogens is 3. The van der Waals surface area contributed by atoms with Crippen LogP contribution in [0.1, 0.15) is 10.6 Å². The Labute approximate surface area is 84.9 Å². The number of hydrogen-bond donors (Lipinski definition) is 2. The van der Waals surface area contributed by atoms with Crippen molar-refractivity contribution in [1.82, 2.24) is 15.2 Å². The molecule has 0 spiro atoms. The SMILES string of the molecule is Cc1cc(Oc2ncc(CN)s2)n[nH]1. The molecule has 2 aromatic rings. The highest BCUT2D eigenvalue weighted by Gasteiger charge is 2.05. The molecule has 0 aliphatic carbocycles. The van der Waals surface area contributed by atoms with E-state index in [9.17, 15) is 0 Å². The highest BCUT2D eigenvalue weighted by atomic mass is 32.1. The number of aryl methyl sites for hydroxylation is 1. The Morgan fingerprint density at radius 3 is 3.07 bits per heavy atom. The summed E-state index contributed by atoms with van der Waals surface area (Å²) < 4.78 is 5.39. The van der Waals surface area contributed by atoms with Gasteiger partial charge in [-0.1, -0.05) is 11.3 Å². The third-order valence-corrected chi connectivity index (χ3v) is 2.51. The molecule has 2 rings (SSSR count). The summed E-state index contributed by atoms with van der Waals surface area (Å²) >= 11 is 1.42. The molecule has 2 aromatic heterocycles. The smallest absolute Gasteiger partial charge is 0.280 e. The number of hydrogen-bond acceptors (Lipinski definition) is 5. The maximum Gasteiger partial charge on any atom is 0.280 e. The van der Waals surface area contributed by atoms with Crippen LogP contribution in [-0.4, -0.2) is 15.2 Å². The van der Waals surface area contributed by atoms with Crippen molar-refractivity contribution in [2.45, 2.75) is 13.5 Å². The van der Waals surface area contributed by atoms with Crippen molar-refractivity contribution in [2.24, 2.45) is 5.73 Å². The molecule has 0 aliphatic rings. The predicted octanol–water partition coefficient (Wildman–Crippen LogP) is 1.43. The fraction of sp³-hybridized carbons (Fsp3) is 0.250. The van der Waals surface area contributed by atoms with Crippen LogP contribution in [0.2, 0.25) is 0 Å². The minimum atomic E-state index is 0.487. The van der Waals surface area contributed by atoms with Gasteiger partial charge in [0.1, 0.15) is 0 Å². The minimum absolute atomic E-state index is 0.487. The molecule has 74 valence electrons. The highest BCUT2D eigenvalue weighted by Crippen LogP contribution is 2.24. The van der Waals surface area contributed by atoms with Crippen molar-refractivity contribution in [3.63, 3.8) is 0 Å². The van der Waals surface area contributed by atoms with Crippen LogP contribution in [0.4, 0.5) is 0 Å². The lowest BCUT2D eigenvalue weighted by molar-refractivity contribution is 0.458. The van der Waals surface area contributed by atoms with E-state index < -0.39 is 0 Å². The van der Waals surface area contributed by atoms with Gasteiger partial charge in [-0.2, -0.15) is 0 Å². The van der Waals surface area contributed by atoms with E-state index in [0.717, 1.165) is 10.6 Å². The van der Waals surface area contributed by atoms with Crippen molar-refractivity contribution in [2.75, 3.05) is 0 Å². The fourth-order valence-electron chi connectivity index (χ4n) is 0.966. The molecular weight excluding hydrogens is 200 g/mol. The number of nitrogens with one attached hydrogen (secondary N) is 1. The van der Waals surface area contributed by atoms with E-state index in [1.165, 1.54) is 11.3 Å². The van der Waals surface area contributed by atoms with Crippen molar-refractivity contribution >= 4 is 11.3 Å². The molecule has 0 unspecified atom stereocenters. The second-order valence-electron chi connectivity index (χ2n) is 2.79. The third kappa shape index (κ3) is 1.91. The Kier molecular flexibility index (Phi) is 2.47. The van der Waals surface area contributed by atoms with Gasteiger partial charge < -0.3 is 10.5 Å². The molecule has 3 N–H and O–H groups in total. The lowest BCUT2D eigenvalue weighted by atomic mass is 10.5. The third-order valence-electron chi connectivity index (χ3n) is 1.61. The molecule has 0 bridgehead atoms. The zero-order chi connectivity index (χ0) is 9.97. The normalized spacial score (nSPS) is 10.4. The van der Waals surface area contributed by atoms with Gasteiger partial charge in [-0.15, -0.1) is 5.10 Å². The zero-order valence-electron chi connectivity index (χ0n) is 7.65. The molecule has 0 atom stereocenters. The Hall–Kier alpha value is -1.40. The van der Waals surface area contributed by atoms with Crippen molar-refractivity contribution in [3.8, 4) is 11.1 Å². The van der Waals surface area contributed by atoms with E-state index in [-0.39, 0.29) is 0 Å². The topological polar surface area (TPSA) is 76.8 Å². The second kappa shape index (κ2) is 3.77. The monoisotopic (exact) mass is 210 g/mol. The van der Waals surface area contributed by atoms with Gasteiger partial charge in [0.25, 0.3) is 5.19 Å². The first-order chi connectivity index (χ1) is 6.78. The summed E-state index contributed by atoms with van der Waals surface area (Å²) in [5, 5.41) is 7.29. The summed E-state index contributed by atoms with van der Waals surface area (Å²) in [6.45, 7) is 2.40. The summed E-state index contributed by atoms with van der Waals surface area (Å²) in [5.74, 6) is 0.528. The van der Waals surface area contributed by atoms with Crippen molar-refractivity contribution in [3.05, 3.63) is 22.8 Å². The molecule has 0 radical (unpaired) electrons. The van der Waals surface area contributed by atoms with Gasteiger partial charge in [0, 0.05) is 29.4 Å². The van der Waals surface area contributed by atoms with Gasteiger partial charge in [0.05, 0.1) is 0 Å². The Morgan fingerprint density at radius 1 is 1.64 bits per heavy atom. The van der Waals surface area contributed by atoms with Gasteiger partial charge in [0.2, 0.25) is 5.88 Å². The van der Waals surface area contributed by atoms with Crippen LogP contribution in [0.5, 0.6) is 11.1 Å². The van der Waals surface area contributed by atoms with Crippen molar-refractivity contribution < 1.29 is 4.74 Å². The number of nitrogens with two attached hydrogens (primary N) is 1. The van der Waals surface area contributed by atoms with Crippen LogP contribution in [-0.2, 0) is 6.54 Å². The van der Waals surface area contributed by atoms with E-state index in [4.69, 9.17) is 10.5 Å². The number of thiazole rings is 1. The average Bonchev–Trinajstić information content (AvgIpc) is 2.76. The summed E-state index contributed by atoms with van der Waals surface area (Å²) in [5.41, 5.74) is 6.41. The Morgan fingerprint density at radius 2 is 2.50 bits per heavy atom. The van der Waals surface area contributed by atoms with Crippen LogP contribution in [0.25, 0.3) is 0 Å². The van der Waals surface area contributed by atoms with Gasteiger partial charge in [-0.25, -0.2) is 4.98 Å². The van der Waals surface area contributed by atoms with Crippen LogP contribution in [0.15, 0.2) is 12.3 Å². The molecule has 14 heavy (non-hydrogen) atoms. The van der Waals surface area contributed by atoms with E-state index >= 15 is 0 Å². The molecular formula is C8H10N4OS. The quantitative estimate of drug-likeness (QED) is 0.803. The molecule has 0 aromatic carbocycles. The van der Waals surface area contributed by atoms with E-state index in [2.05, 4.69) is 15.2 Å². The lowest BCUT2D eigenvalue weighted by Gasteiger charge is -1.93. The molecule has 0 saturated heterocycles. The number of ether oxygens (including phenoxy) is 1. The summed E-state index contributed by atoms with van der Waals surface area (Å²) in [4.78, 5) is 5.05. The van der Waals surface area contributed by atoms with Crippen LogP contribution in [0, 0.1) is 6.92 Å². The highest BCUT2D eigenvalue weighted by molar-refractivity contribution is 7.13. The predicted molar refractivity (Wildman–Crippen MR) is 53.4 cm³/mol. The zero-order valence-corrected chi connectivity index (χ0v) is 8.47. The first-order valence-corrected chi connectivity index (χ1v) is 4.94. The molecule has 5 nitrogen and oxygen atoms in total. The maximum atomic E-state index is 5.45. The summed E-state index contributed by atoms with van der Waals surface area (Å²) in [6, 6.07) is 1.81. The molecule has 0 saturated carbocycles. The number of nitrogens with zero attached hydrogens (tertiary/aromatic N) is 2. The van der Waals surface area contributed by atoms with Crippen molar-refractivity contribution in [1.29, 1.82) is 0 Å². The number of H-pyrrole nitrogens is 1. The molecule has 2 heterocycles. The summed E-state index contributed by atoms with van der Waals surface area (Å²) in [6.07, 6.45) is 1.71. The average molecular weight is 210 g/mol. The van der Waals surface area contributed by atoms with Crippen LogP contribution >= 0.6 is 11.3 Å². The van der Waals surface area contributed by atoms with Gasteiger partial charge >= 0.3 is 0 Å². The molecule has 0 aliphatic heterocycles. The molecule has 0 amide bonds. The van der Waals surface area contributed by atoms with Crippen LogP contribution < -0.4 is 10.5 Å². The number of rotatable bonds is 3. The van der Waals surface area contributed by atoms with E-state index in [1.807, 2.05) is 13.0 Å². The summed E-state index contributed by atoms with van der Waals surface area (Å²) in [7, 11) is 0. The Bertz CT molecular complexity index is 422. The first kappa shape index (κ1) is 9.17. The number of aromatic amines is 1. The van der Waals surface area contributed by atoms with E-state index in [0.29, 0.717) is 17.6 Å². The standard InChI is InChI=1S/C8H10N4OS/c1-5-2-7(12-11-5)13-8-10-4-6(3-9)14-8/h2,4H,3,9H2,1H3,(H,11,12). The van der Waals surface area contributed by atoms with Crippen LogP contribution in [0.3, 0.4) is 0 Å². The molecule has 6 heteroatoms. The fourth-order valence-corrected chi connectivity index (χ4v) is 1.61.